The maximum absolute atomic E-state index is 13.7. The number of carbonyl (C=O) groups is 2. The van der Waals surface area contributed by atoms with Crippen molar-refractivity contribution in [3.63, 3.8) is 0 Å². The van der Waals surface area contributed by atoms with Gasteiger partial charge in [0, 0.05) is 25.0 Å². The lowest BCUT2D eigenvalue weighted by Crippen LogP contribution is -2.56. The van der Waals surface area contributed by atoms with Crippen LogP contribution >= 0.6 is 0 Å². The fourth-order valence-corrected chi connectivity index (χ4v) is 6.12. The highest BCUT2D eigenvalue weighted by Crippen LogP contribution is 2.49. The van der Waals surface area contributed by atoms with Crippen LogP contribution in [-0.4, -0.2) is 66.3 Å². The molecule has 1 aliphatic heterocycles. The van der Waals surface area contributed by atoms with Gasteiger partial charge in [-0.2, -0.15) is 0 Å². The molecule has 1 aliphatic carbocycles. The molecule has 6 nitrogen and oxygen atoms in total. The van der Waals surface area contributed by atoms with Crippen LogP contribution in [0.15, 0.2) is 54.6 Å². The number of benzene rings is 2. The molecule has 0 bridgehead atoms. The molecule has 6 heteroatoms. The monoisotopic (exact) mass is 491 g/mol. The summed E-state index contributed by atoms with van der Waals surface area (Å²) in [5.41, 5.74) is 2.03. The van der Waals surface area contributed by atoms with Crippen molar-refractivity contribution >= 4 is 11.8 Å². The number of carbonyl (C=O) groups excluding carboxylic acids is 2. The van der Waals surface area contributed by atoms with E-state index in [9.17, 15) is 9.59 Å². The molecule has 2 amide bonds. The largest absolute Gasteiger partial charge is 0.497 e. The number of urea groups is 1. The molecule has 1 saturated heterocycles. The van der Waals surface area contributed by atoms with Crippen LogP contribution in [0.1, 0.15) is 63.0 Å². The molecule has 1 saturated carbocycles. The zero-order valence-electron chi connectivity index (χ0n) is 22.3. The third-order valence-electron chi connectivity index (χ3n) is 8.41. The van der Waals surface area contributed by atoms with E-state index in [1.54, 1.807) is 7.11 Å². The lowest BCUT2D eigenvalue weighted by Gasteiger charge is -2.51. The van der Waals surface area contributed by atoms with Gasteiger partial charge in [-0.05, 0) is 69.5 Å². The second-order valence-electron chi connectivity index (χ2n) is 10.7. The Morgan fingerprint density at radius 2 is 1.67 bits per heavy atom. The van der Waals surface area contributed by atoms with Crippen molar-refractivity contribution < 1.29 is 14.3 Å². The number of amides is 2. The number of hydrogen-bond donors (Lipinski definition) is 0. The van der Waals surface area contributed by atoms with E-state index in [2.05, 4.69) is 56.3 Å². The van der Waals surface area contributed by atoms with Gasteiger partial charge in [0.15, 0.2) is 5.78 Å². The normalized spacial score (nSPS) is 24.1. The van der Waals surface area contributed by atoms with Gasteiger partial charge in [0.2, 0.25) is 0 Å². The van der Waals surface area contributed by atoms with Crippen LogP contribution in [0.4, 0.5) is 4.79 Å². The van der Waals surface area contributed by atoms with Crippen LogP contribution in [-0.2, 0) is 16.9 Å². The fraction of sp³-hybridized carbons (Fsp3) is 0.533. The van der Waals surface area contributed by atoms with Gasteiger partial charge in [0.05, 0.1) is 19.2 Å². The zero-order chi connectivity index (χ0) is 25.8. The maximum atomic E-state index is 13.7. The number of methoxy groups -OCH3 is 1. The summed E-state index contributed by atoms with van der Waals surface area (Å²) < 4.78 is 5.29. The zero-order valence-corrected chi connectivity index (χ0v) is 22.3. The number of Topliss-reactive ketones (excluding diaryl/α,β-unsaturated/α-hetero) is 1. The standard InChI is InChI=1S/C30H41N3O3/c1-5-6-12-26(34)22-33-28(35)32(21-24-13-15-27(36-4)16-14-24)23-29(33)17-19-30(20-18-29,31(2)3)25-10-8-7-9-11-25/h7-11,13-16H,5-6,12,17-23H2,1-4H3. The van der Waals surface area contributed by atoms with Crippen molar-refractivity contribution in [2.45, 2.75) is 69.5 Å². The molecule has 1 heterocycles. The molecule has 0 N–H and O–H groups in total. The lowest BCUT2D eigenvalue weighted by molar-refractivity contribution is -0.121. The van der Waals surface area contributed by atoms with Crippen molar-refractivity contribution in [1.29, 1.82) is 0 Å². The number of hydrogen-bond acceptors (Lipinski definition) is 4. The Balaban J connectivity index is 1.58. The van der Waals surface area contributed by atoms with Crippen molar-refractivity contribution in [3.05, 3.63) is 65.7 Å². The van der Waals surface area contributed by atoms with Crippen LogP contribution in [0.3, 0.4) is 0 Å². The third kappa shape index (κ3) is 5.15. The van der Waals surface area contributed by atoms with Crippen molar-refractivity contribution in [2.24, 2.45) is 0 Å². The lowest BCUT2D eigenvalue weighted by atomic mass is 9.68. The average Bonchev–Trinajstić information content (AvgIpc) is 3.14. The van der Waals surface area contributed by atoms with Gasteiger partial charge in [-0.15, -0.1) is 0 Å². The molecule has 36 heavy (non-hydrogen) atoms. The van der Waals surface area contributed by atoms with E-state index in [0.29, 0.717) is 19.5 Å². The fourth-order valence-electron chi connectivity index (χ4n) is 6.12. The Hall–Kier alpha value is -2.86. The van der Waals surface area contributed by atoms with E-state index < -0.39 is 0 Å². The Morgan fingerprint density at radius 1 is 1.00 bits per heavy atom. The first-order valence-corrected chi connectivity index (χ1v) is 13.3. The van der Waals surface area contributed by atoms with Gasteiger partial charge < -0.3 is 14.5 Å². The minimum Gasteiger partial charge on any atom is -0.497 e. The number of ketones is 1. The second-order valence-corrected chi connectivity index (χ2v) is 10.7. The first-order valence-electron chi connectivity index (χ1n) is 13.3. The highest BCUT2D eigenvalue weighted by molar-refractivity contribution is 5.87. The molecular weight excluding hydrogens is 450 g/mol. The first-order chi connectivity index (χ1) is 17.3. The number of rotatable bonds is 10. The van der Waals surface area contributed by atoms with Gasteiger partial charge >= 0.3 is 6.03 Å². The smallest absolute Gasteiger partial charge is 0.321 e. The molecule has 0 aromatic heterocycles. The first kappa shape index (κ1) is 26.2. The van der Waals surface area contributed by atoms with E-state index in [1.165, 1.54) is 5.56 Å². The molecule has 2 aliphatic rings. The summed E-state index contributed by atoms with van der Waals surface area (Å²) in [6.45, 7) is 3.52. The summed E-state index contributed by atoms with van der Waals surface area (Å²) in [7, 11) is 5.97. The minimum absolute atomic E-state index is 0.00673. The maximum Gasteiger partial charge on any atom is 0.321 e. The van der Waals surface area contributed by atoms with E-state index in [1.807, 2.05) is 34.1 Å². The number of unbranched alkanes of at least 4 members (excludes halogenated alkanes) is 1. The van der Waals surface area contributed by atoms with E-state index >= 15 is 0 Å². The second kappa shape index (κ2) is 11.0. The van der Waals surface area contributed by atoms with Gasteiger partial charge in [-0.3, -0.25) is 9.69 Å². The molecule has 1 spiro atoms. The minimum atomic E-state index is -0.306. The molecule has 2 aromatic carbocycles. The number of ether oxygens (including phenoxy) is 1. The van der Waals surface area contributed by atoms with Gasteiger partial charge in [0.1, 0.15) is 5.75 Å². The summed E-state index contributed by atoms with van der Waals surface area (Å²) in [6.07, 6.45) is 6.07. The summed E-state index contributed by atoms with van der Waals surface area (Å²) in [5, 5.41) is 0. The molecule has 0 atom stereocenters. The SMILES string of the molecule is CCCCC(=O)CN1C(=O)N(Cc2ccc(OC)cc2)CC12CCC(c1ccccc1)(N(C)C)CC2. The molecule has 194 valence electrons. The van der Waals surface area contributed by atoms with Gasteiger partial charge in [-0.25, -0.2) is 4.79 Å². The van der Waals surface area contributed by atoms with Crippen LogP contribution in [0, 0.1) is 0 Å². The molecule has 0 unspecified atom stereocenters. The number of nitrogens with zero attached hydrogens (tertiary/aromatic N) is 3. The van der Waals surface area contributed by atoms with Gasteiger partial charge in [0.25, 0.3) is 0 Å². The molecule has 2 fully saturated rings. The molecular formula is C30H41N3O3. The molecule has 0 radical (unpaired) electrons. The van der Waals surface area contributed by atoms with E-state index in [-0.39, 0.29) is 29.4 Å². The highest BCUT2D eigenvalue weighted by Gasteiger charge is 2.54. The summed E-state index contributed by atoms with van der Waals surface area (Å²) in [5.74, 6) is 0.975. The molecule has 4 rings (SSSR count). The third-order valence-corrected chi connectivity index (χ3v) is 8.41. The Kier molecular flexibility index (Phi) is 8.04. The van der Waals surface area contributed by atoms with E-state index in [0.717, 1.165) is 49.8 Å². The Labute approximate surface area is 216 Å². The van der Waals surface area contributed by atoms with Crippen molar-refractivity contribution in [2.75, 3.05) is 34.3 Å². The topological polar surface area (TPSA) is 53.1 Å². The highest BCUT2D eigenvalue weighted by atomic mass is 16.5. The summed E-state index contributed by atoms with van der Waals surface area (Å²) >= 11 is 0. The predicted molar refractivity (Wildman–Crippen MR) is 143 cm³/mol. The Morgan fingerprint density at radius 3 is 2.25 bits per heavy atom. The van der Waals surface area contributed by atoms with E-state index in [4.69, 9.17) is 4.74 Å². The van der Waals surface area contributed by atoms with Gasteiger partial charge in [-0.1, -0.05) is 55.8 Å². The average molecular weight is 492 g/mol. The van der Waals surface area contributed by atoms with Crippen LogP contribution in [0.25, 0.3) is 0 Å². The summed E-state index contributed by atoms with van der Waals surface area (Å²) in [4.78, 5) is 32.9. The van der Waals surface area contributed by atoms with Crippen LogP contribution in [0.5, 0.6) is 5.75 Å². The Bertz CT molecular complexity index is 1030. The van der Waals surface area contributed by atoms with Crippen molar-refractivity contribution in [3.8, 4) is 5.75 Å². The van der Waals surface area contributed by atoms with Crippen LogP contribution < -0.4 is 4.74 Å². The van der Waals surface area contributed by atoms with Crippen LogP contribution in [0.2, 0.25) is 0 Å². The van der Waals surface area contributed by atoms with Crippen molar-refractivity contribution in [1.82, 2.24) is 14.7 Å². The quantitative estimate of drug-likeness (QED) is 0.443. The summed E-state index contributed by atoms with van der Waals surface area (Å²) in [6, 6.07) is 18.6. The molecule has 2 aromatic rings. The predicted octanol–water partition coefficient (Wildman–Crippen LogP) is 5.46.